The van der Waals surface area contributed by atoms with Crippen molar-refractivity contribution in [2.75, 3.05) is 6.26 Å². The Morgan fingerprint density at radius 1 is 1.04 bits per heavy atom. The maximum atomic E-state index is 14.3. The van der Waals surface area contributed by atoms with Gasteiger partial charge in [-0.25, -0.2) is 26.3 Å². The zero-order chi connectivity index (χ0) is 19.9. The highest BCUT2D eigenvalue weighted by Gasteiger charge is 2.20. The van der Waals surface area contributed by atoms with Gasteiger partial charge in [-0.05, 0) is 68.3 Å². The van der Waals surface area contributed by atoms with E-state index >= 15 is 0 Å². The summed E-state index contributed by atoms with van der Waals surface area (Å²) in [5.41, 5.74) is 0.424. The molecular formula is C17H11Br2F3N2O2S. The molecule has 0 N–H and O–H groups in total. The summed E-state index contributed by atoms with van der Waals surface area (Å²) in [7, 11) is -3.74. The zero-order valence-electron chi connectivity index (χ0n) is 13.6. The summed E-state index contributed by atoms with van der Waals surface area (Å²) in [5, 5.41) is 3.92. The van der Waals surface area contributed by atoms with Crippen LogP contribution in [0.4, 0.5) is 13.2 Å². The number of hydrogen-bond donors (Lipinski definition) is 0. The average Bonchev–Trinajstić information content (AvgIpc) is 3.01. The second-order valence-corrected chi connectivity index (χ2v) is 9.38. The molecule has 0 aliphatic heterocycles. The molecule has 10 heteroatoms. The fourth-order valence-corrected chi connectivity index (χ4v) is 3.83. The van der Waals surface area contributed by atoms with Crippen molar-refractivity contribution in [3.8, 4) is 16.9 Å². The van der Waals surface area contributed by atoms with E-state index in [9.17, 15) is 21.6 Å². The van der Waals surface area contributed by atoms with Gasteiger partial charge in [0.2, 0.25) is 0 Å². The minimum absolute atomic E-state index is 0.207. The Labute approximate surface area is 170 Å². The fraction of sp³-hybridized carbons (Fsp3) is 0.118. The number of benzene rings is 2. The molecule has 0 aliphatic carbocycles. The van der Waals surface area contributed by atoms with Gasteiger partial charge in [0.15, 0.2) is 9.84 Å². The highest BCUT2D eigenvalue weighted by atomic mass is 79.9. The normalized spacial score (nSPS) is 12.0. The Bertz CT molecular complexity index is 1130. The Hall–Kier alpha value is -1.65. The molecule has 0 atom stereocenters. The molecule has 0 saturated heterocycles. The van der Waals surface area contributed by atoms with Crippen LogP contribution in [0.5, 0.6) is 0 Å². The topological polar surface area (TPSA) is 52.0 Å². The van der Waals surface area contributed by atoms with Gasteiger partial charge in [0, 0.05) is 20.8 Å². The van der Waals surface area contributed by atoms with Gasteiger partial charge in [0.1, 0.15) is 16.4 Å². The quantitative estimate of drug-likeness (QED) is 0.451. The third-order valence-electron chi connectivity index (χ3n) is 3.73. The Morgan fingerprint density at radius 2 is 1.74 bits per heavy atom. The molecule has 0 aliphatic rings. The van der Waals surface area contributed by atoms with Crippen molar-refractivity contribution in [1.82, 2.24) is 9.78 Å². The van der Waals surface area contributed by atoms with E-state index in [1.54, 1.807) is 18.2 Å². The van der Waals surface area contributed by atoms with Crippen LogP contribution in [0.2, 0.25) is 0 Å². The Kier molecular flexibility index (Phi) is 5.51. The first-order valence-electron chi connectivity index (χ1n) is 7.41. The number of aromatic nitrogens is 2. The van der Waals surface area contributed by atoms with Gasteiger partial charge in [0.25, 0.3) is 6.43 Å². The first-order valence-corrected chi connectivity index (χ1v) is 10.9. The molecule has 2 aromatic carbocycles. The van der Waals surface area contributed by atoms with Gasteiger partial charge in [-0.3, -0.25) is 0 Å². The third-order valence-corrected chi connectivity index (χ3v) is 6.74. The molecule has 0 unspecified atom stereocenters. The van der Waals surface area contributed by atoms with Crippen LogP contribution in [-0.4, -0.2) is 24.5 Å². The number of alkyl halides is 2. The largest absolute Gasteiger partial charge is 0.282 e. The van der Waals surface area contributed by atoms with Gasteiger partial charge in [-0.15, -0.1) is 0 Å². The fourth-order valence-electron chi connectivity index (χ4n) is 2.49. The van der Waals surface area contributed by atoms with Crippen molar-refractivity contribution in [3.63, 3.8) is 0 Å². The molecule has 0 saturated carbocycles. The molecule has 4 nitrogen and oxygen atoms in total. The molecule has 27 heavy (non-hydrogen) atoms. The van der Waals surface area contributed by atoms with Crippen molar-refractivity contribution < 1.29 is 21.6 Å². The average molecular weight is 524 g/mol. The monoisotopic (exact) mass is 522 g/mol. The summed E-state index contributed by atoms with van der Waals surface area (Å²) in [4.78, 5) is -0.460. The molecule has 1 heterocycles. The number of sulfone groups is 1. The van der Waals surface area contributed by atoms with Gasteiger partial charge in [-0.2, -0.15) is 5.10 Å². The first kappa shape index (κ1) is 20.1. The van der Waals surface area contributed by atoms with E-state index in [2.05, 4.69) is 37.0 Å². The second kappa shape index (κ2) is 7.40. The third kappa shape index (κ3) is 4.12. The van der Waals surface area contributed by atoms with Crippen molar-refractivity contribution in [2.45, 2.75) is 11.3 Å². The van der Waals surface area contributed by atoms with Crippen molar-refractivity contribution >= 4 is 41.7 Å². The van der Waals surface area contributed by atoms with E-state index in [1.807, 2.05) is 0 Å². The Morgan fingerprint density at radius 3 is 2.30 bits per heavy atom. The molecule has 0 spiro atoms. The number of rotatable bonds is 4. The molecule has 0 bridgehead atoms. The van der Waals surface area contributed by atoms with Crippen LogP contribution in [0.25, 0.3) is 16.9 Å². The summed E-state index contributed by atoms with van der Waals surface area (Å²) >= 11 is 6.67. The summed E-state index contributed by atoms with van der Waals surface area (Å²) in [6.07, 6.45) is -1.92. The lowest BCUT2D eigenvalue weighted by molar-refractivity contribution is 0.145. The molecule has 0 radical (unpaired) electrons. The minimum Gasteiger partial charge on any atom is -0.233 e. The van der Waals surface area contributed by atoms with Crippen molar-refractivity contribution in [2.24, 2.45) is 0 Å². The van der Waals surface area contributed by atoms with Crippen LogP contribution < -0.4 is 0 Å². The van der Waals surface area contributed by atoms with E-state index in [0.717, 1.165) is 28.9 Å². The van der Waals surface area contributed by atoms with Gasteiger partial charge in [0.05, 0.1) is 11.4 Å². The molecule has 3 aromatic rings. The first-order chi connectivity index (χ1) is 12.6. The number of hydrogen-bond acceptors (Lipinski definition) is 3. The number of nitrogens with zero attached hydrogens (tertiary/aromatic N) is 2. The molecule has 3 rings (SSSR count). The minimum atomic E-state index is -3.74. The van der Waals surface area contributed by atoms with E-state index < -0.39 is 32.7 Å². The van der Waals surface area contributed by atoms with Crippen LogP contribution in [-0.2, 0) is 9.84 Å². The van der Waals surface area contributed by atoms with Crippen LogP contribution in [0.1, 0.15) is 12.1 Å². The standard InChI is InChI=1S/C17H11Br2F3N2O2S/c1-27(25,26)16-5-2-9(6-13(16)20)15-8-14(17(21)22)23-24(15)10-3-4-11(18)12(19)7-10/h2-8,17H,1H3. The molecule has 0 fully saturated rings. The lowest BCUT2D eigenvalue weighted by Gasteiger charge is -2.10. The SMILES string of the molecule is CS(=O)(=O)c1ccc(-c2cc(C(F)F)nn2-c2ccc(Br)c(Br)c2)cc1F. The van der Waals surface area contributed by atoms with E-state index in [0.29, 0.717) is 10.2 Å². The summed E-state index contributed by atoms with van der Waals surface area (Å²) in [5.74, 6) is -0.960. The molecule has 1 aromatic heterocycles. The van der Waals surface area contributed by atoms with E-state index in [4.69, 9.17) is 0 Å². The Balaban J connectivity index is 2.20. The van der Waals surface area contributed by atoms with E-state index in [1.165, 1.54) is 10.7 Å². The van der Waals surface area contributed by atoms with Crippen molar-refractivity contribution in [3.05, 3.63) is 62.9 Å². The predicted molar refractivity (Wildman–Crippen MR) is 102 cm³/mol. The van der Waals surface area contributed by atoms with Gasteiger partial charge >= 0.3 is 0 Å². The highest BCUT2D eigenvalue weighted by Crippen LogP contribution is 2.32. The maximum Gasteiger partial charge on any atom is 0.282 e. The van der Waals surface area contributed by atoms with Crippen molar-refractivity contribution in [1.29, 1.82) is 0 Å². The lowest BCUT2D eigenvalue weighted by Crippen LogP contribution is -2.03. The van der Waals surface area contributed by atoms with Gasteiger partial charge in [-0.1, -0.05) is 6.07 Å². The van der Waals surface area contributed by atoms with Crippen LogP contribution >= 0.6 is 31.9 Å². The predicted octanol–water partition coefficient (Wildman–Crippen LogP) is 5.54. The summed E-state index contributed by atoms with van der Waals surface area (Å²) in [6.45, 7) is 0. The smallest absolute Gasteiger partial charge is 0.233 e. The van der Waals surface area contributed by atoms with Crippen LogP contribution in [0.15, 0.2) is 56.3 Å². The summed E-state index contributed by atoms with van der Waals surface area (Å²) < 4.78 is 66.5. The lowest BCUT2D eigenvalue weighted by atomic mass is 10.1. The molecule has 142 valence electrons. The van der Waals surface area contributed by atoms with E-state index in [-0.39, 0.29) is 11.3 Å². The highest BCUT2D eigenvalue weighted by molar-refractivity contribution is 9.13. The zero-order valence-corrected chi connectivity index (χ0v) is 17.6. The number of halogens is 5. The van der Waals surface area contributed by atoms with Crippen LogP contribution in [0, 0.1) is 5.82 Å². The van der Waals surface area contributed by atoms with Crippen LogP contribution in [0.3, 0.4) is 0 Å². The second-order valence-electron chi connectivity index (χ2n) is 5.68. The summed E-state index contributed by atoms with van der Waals surface area (Å²) in [6, 6.07) is 9.63. The molecule has 0 amide bonds. The maximum absolute atomic E-state index is 14.3. The molecular weight excluding hydrogens is 513 g/mol. The van der Waals surface area contributed by atoms with Gasteiger partial charge < -0.3 is 0 Å².